The molecule has 0 aliphatic rings. The van der Waals surface area contributed by atoms with Gasteiger partial charge in [0.15, 0.2) is 0 Å². The highest BCUT2D eigenvalue weighted by Gasteiger charge is 2.06. The number of hydrogen-bond acceptors (Lipinski definition) is 1. The van der Waals surface area contributed by atoms with E-state index in [1.807, 2.05) is 25.3 Å². The molecule has 0 bridgehead atoms. The fourth-order valence-corrected chi connectivity index (χ4v) is 3.03. The Morgan fingerprint density at radius 1 is 1.25 bits per heavy atom. The van der Waals surface area contributed by atoms with Gasteiger partial charge in [-0.3, -0.25) is 0 Å². The van der Waals surface area contributed by atoms with Crippen LogP contribution in [0.5, 0.6) is 0 Å². The summed E-state index contributed by atoms with van der Waals surface area (Å²) >= 11 is 9.75. The molecule has 0 unspecified atom stereocenters. The van der Waals surface area contributed by atoms with Crippen LogP contribution in [0.2, 0.25) is 5.02 Å². The van der Waals surface area contributed by atoms with Gasteiger partial charge in [0.25, 0.3) is 0 Å². The number of nitrogens with one attached hydrogen (secondary N) is 2. The zero-order valence-corrected chi connectivity index (χ0v) is 13.3. The monoisotopic (exact) mass is 348 g/mol. The fraction of sp³-hybridized carbons (Fsp3) is 0.125. The van der Waals surface area contributed by atoms with Gasteiger partial charge in [-0.1, -0.05) is 29.8 Å². The van der Waals surface area contributed by atoms with Gasteiger partial charge in [0.1, 0.15) is 0 Å². The van der Waals surface area contributed by atoms with E-state index in [4.69, 9.17) is 11.6 Å². The predicted molar refractivity (Wildman–Crippen MR) is 89.5 cm³/mol. The molecule has 2 N–H and O–H groups in total. The molecule has 1 aromatic heterocycles. The third-order valence-electron chi connectivity index (χ3n) is 3.39. The molecular weight excluding hydrogens is 336 g/mol. The smallest absolute Gasteiger partial charge is 0.0504 e. The Morgan fingerprint density at radius 2 is 2.10 bits per heavy atom. The van der Waals surface area contributed by atoms with Crippen LogP contribution in [0.15, 0.2) is 47.1 Å². The van der Waals surface area contributed by atoms with E-state index in [9.17, 15) is 0 Å². The number of hydrogen-bond donors (Lipinski definition) is 2. The first-order chi connectivity index (χ1) is 9.65. The standard InChI is InChI=1S/C16H14BrClN2/c1-10-7-13(17)15(8-14(10)18)20-9-12-4-2-3-11-5-6-19-16(11)12/h2-8,19-20H,9H2,1H3. The number of aromatic nitrogens is 1. The summed E-state index contributed by atoms with van der Waals surface area (Å²) in [5, 5.41) is 5.43. The number of anilines is 1. The summed E-state index contributed by atoms with van der Waals surface area (Å²) in [4.78, 5) is 3.28. The van der Waals surface area contributed by atoms with Gasteiger partial charge in [0.2, 0.25) is 0 Å². The van der Waals surface area contributed by atoms with Crippen molar-refractivity contribution in [3.63, 3.8) is 0 Å². The second-order valence-electron chi connectivity index (χ2n) is 4.79. The SMILES string of the molecule is Cc1cc(Br)c(NCc2cccc3cc[nH]c23)cc1Cl. The Labute approximate surface area is 131 Å². The summed E-state index contributed by atoms with van der Waals surface area (Å²) < 4.78 is 1.03. The average molecular weight is 350 g/mol. The van der Waals surface area contributed by atoms with Crippen molar-refractivity contribution in [2.75, 3.05) is 5.32 Å². The van der Waals surface area contributed by atoms with Crippen molar-refractivity contribution in [1.29, 1.82) is 0 Å². The lowest BCUT2D eigenvalue weighted by Gasteiger charge is -2.11. The maximum Gasteiger partial charge on any atom is 0.0504 e. The lowest BCUT2D eigenvalue weighted by Crippen LogP contribution is -2.01. The van der Waals surface area contributed by atoms with Gasteiger partial charge in [0.05, 0.1) is 11.2 Å². The van der Waals surface area contributed by atoms with Crippen LogP contribution in [-0.2, 0) is 6.54 Å². The Morgan fingerprint density at radius 3 is 2.95 bits per heavy atom. The van der Waals surface area contributed by atoms with E-state index in [1.165, 1.54) is 16.5 Å². The maximum atomic E-state index is 6.18. The molecular formula is C16H14BrClN2. The predicted octanol–water partition coefficient (Wildman–Crippen LogP) is 5.50. The Hall–Kier alpha value is -1.45. The van der Waals surface area contributed by atoms with Crippen LogP contribution in [0.3, 0.4) is 0 Å². The molecule has 0 fully saturated rings. The highest BCUT2D eigenvalue weighted by Crippen LogP contribution is 2.30. The van der Waals surface area contributed by atoms with E-state index in [2.05, 4.69) is 50.5 Å². The molecule has 0 saturated carbocycles. The van der Waals surface area contributed by atoms with Crippen molar-refractivity contribution in [2.24, 2.45) is 0 Å². The van der Waals surface area contributed by atoms with Gasteiger partial charge in [0, 0.05) is 22.2 Å². The summed E-state index contributed by atoms with van der Waals surface area (Å²) in [6.07, 6.45) is 1.97. The van der Waals surface area contributed by atoms with E-state index in [0.717, 1.165) is 27.3 Å². The Balaban J connectivity index is 1.86. The topological polar surface area (TPSA) is 27.8 Å². The highest BCUT2D eigenvalue weighted by molar-refractivity contribution is 9.10. The van der Waals surface area contributed by atoms with Crippen LogP contribution in [0, 0.1) is 6.92 Å². The Bertz CT molecular complexity index is 764. The zero-order chi connectivity index (χ0) is 14.1. The van der Waals surface area contributed by atoms with Crippen LogP contribution in [0.4, 0.5) is 5.69 Å². The van der Waals surface area contributed by atoms with Crippen LogP contribution in [-0.4, -0.2) is 4.98 Å². The average Bonchev–Trinajstić information content (AvgIpc) is 2.90. The third kappa shape index (κ3) is 2.56. The molecule has 1 heterocycles. The van der Waals surface area contributed by atoms with E-state index in [0.29, 0.717) is 0 Å². The largest absolute Gasteiger partial charge is 0.380 e. The molecule has 0 aliphatic heterocycles. The van der Waals surface area contributed by atoms with Gasteiger partial charge < -0.3 is 10.3 Å². The highest BCUT2D eigenvalue weighted by atomic mass is 79.9. The van der Waals surface area contributed by atoms with Crippen LogP contribution < -0.4 is 5.32 Å². The maximum absolute atomic E-state index is 6.18. The minimum Gasteiger partial charge on any atom is -0.380 e. The number of halogens is 2. The van der Waals surface area contributed by atoms with E-state index in [-0.39, 0.29) is 0 Å². The number of aryl methyl sites for hydroxylation is 1. The minimum absolute atomic E-state index is 0.746. The molecule has 0 spiro atoms. The van der Waals surface area contributed by atoms with Gasteiger partial charge in [-0.15, -0.1) is 0 Å². The van der Waals surface area contributed by atoms with Gasteiger partial charge in [-0.25, -0.2) is 0 Å². The summed E-state index contributed by atoms with van der Waals surface area (Å²) in [5.41, 5.74) is 4.48. The molecule has 0 saturated heterocycles. The first-order valence-electron chi connectivity index (χ1n) is 6.39. The molecule has 0 amide bonds. The van der Waals surface area contributed by atoms with Crippen molar-refractivity contribution in [2.45, 2.75) is 13.5 Å². The first-order valence-corrected chi connectivity index (χ1v) is 7.57. The van der Waals surface area contributed by atoms with Crippen molar-refractivity contribution in [3.05, 3.63) is 63.2 Å². The lowest BCUT2D eigenvalue weighted by molar-refractivity contribution is 1.15. The molecule has 3 aromatic rings. The van der Waals surface area contributed by atoms with Crippen LogP contribution in [0.1, 0.15) is 11.1 Å². The van der Waals surface area contributed by atoms with Crippen LogP contribution in [0.25, 0.3) is 10.9 Å². The summed E-state index contributed by atoms with van der Waals surface area (Å²) in [5.74, 6) is 0. The normalized spacial score (nSPS) is 10.9. The molecule has 0 atom stereocenters. The second-order valence-corrected chi connectivity index (χ2v) is 6.06. The molecule has 102 valence electrons. The number of fused-ring (bicyclic) bond motifs is 1. The van der Waals surface area contributed by atoms with Gasteiger partial charge in [-0.05, 0) is 57.6 Å². The van der Waals surface area contributed by atoms with Crippen molar-refractivity contribution in [1.82, 2.24) is 4.98 Å². The molecule has 0 radical (unpaired) electrons. The number of aromatic amines is 1. The minimum atomic E-state index is 0.746. The first kappa shape index (κ1) is 13.5. The van der Waals surface area contributed by atoms with E-state index in [1.54, 1.807) is 0 Å². The molecule has 4 heteroatoms. The van der Waals surface area contributed by atoms with Crippen molar-refractivity contribution < 1.29 is 0 Å². The summed E-state index contributed by atoms with van der Waals surface area (Å²) in [6, 6.07) is 12.4. The molecule has 20 heavy (non-hydrogen) atoms. The second kappa shape index (κ2) is 5.51. The van der Waals surface area contributed by atoms with Crippen molar-refractivity contribution in [3.8, 4) is 0 Å². The lowest BCUT2D eigenvalue weighted by atomic mass is 10.1. The summed E-state index contributed by atoms with van der Waals surface area (Å²) in [6.45, 7) is 2.74. The number of benzene rings is 2. The van der Waals surface area contributed by atoms with Crippen molar-refractivity contribution >= 4 is 44.1 Å². The van der Waals surface area contributed by atoms with E-state index >= 15 is 0 Å². The third-order valence-corrected chi connectivity index (χ3v) is 4.45. The molecule has 2 aromatic carbocycles. The molecule has 2 nitrogen and oxygen atoms in total. The number of H-pyrrole nitrogens is 1. The van der Waals surface area contributed by atoms with Gasteiger partial charge in [-0.2, -0.15) is 0 Å². The van der Waals surface area contributed by atoms with Crippen LogP contribution >= 0.6 is 27.5 Å². The summed E-state index contributed by atoms with van der Waals surface area (Å²) in [7, 11) is 0. The number of rotatable bonds is 3. The van der Waals surface area contributed by atoms with E-state index < -0.39 is 0 Å². The quantitative estimate of drug-likeness (QED) is 0.641. The number of para-hydroxylation sites is 1. The molecule has 3 rings (SSSR count). The Kier molecular flexibility index (Phi) is 3.72. The zero-order valence-electron chi connectivity index (χ0n) is 11.0. The molecule has 0 aliphatic carbocycles. The van der Waals surface area contributed by atoms with Gasteiger partial charge >= 0.3 is 0 Å². The fourth-order valence-electron chi connectivity index (χ4n) is 2.27.